The van der Waals surface area contributed by atoms with E-state index in [9.17, 15) is 9.18 Å². The highest BCUT2D eigenvalue weighted by Crippen LogP contribution is 2.22. The Morgan fingerprint density at radius 2 is 2.00 bits per heavy atom. The number of hydrogen-bond donors (Lipinski definition) is 2. The van der Waals surface area contributed by atoms with Crippen LogP contribution < -0.4 is 10.1 Å². The lowest BCUT2D eigenvalue weighted by atomic mass is 10.1. The van der Waals surface area contributed by atoms with E-state index in [1.165, 1.54) is 25.3 Å². The minimum Gasteiger partial charge on any atom is -0.494 e. The minimum atomic E-state index is -0.959. The van der Waals surface area contributed by atoms with Crippen LogP contribution in [0.25, 0.3) is 0 Å². The molecule has 124 valence electrons. The highest BCUT2D eigenvalue weighted by Gasteiger charge is 2.08. The molecule has 0 aromatic heterocycles. The van der Waals surface area contributed by atoms with Crippen LogP contribution in [0, 0.1) is 17.7 Å². The molecular formula is C19H18FNO3. The average Bonchev–Trinajstić information content (AvgIpc) is 2.59. The van der Waals surface area contributed by atoms with E-state index in [1.807, 2.05) is 6.92 Å². The van der Waals surface area contributed by atoms with Crippen LogP contribution in [0.1, 0.15) is 34.5 Å². The smallest absolute Gasteiger partial charge is 0.335 e. The second-order valence-electron chi connectivity index (χ2n) is 5.18. The first kappa shape index (κ1) is 17.5. The van der Waals surface area contributed by atoms with Crippen molar-refractivity contribution < 1.29 is 19.0 Å². The highest BCUT2D eigenvalue weighted by molar-refractivity contribution is 5.87. The van der Waals surface area contributed by atoms with Gasteiger partial charge in [-0.25, -0.2) is 9.18 Å². The molecule has 2 N–H and O–H groups in total. The van der Waals surface area contributed by atoms with Gasteiger partial charge in [-0.15, -0.1) is 0 Å². The van der Waals surface area contributed by atoms with E-state index in [0.29, 0.717) is 6.54 Å². The summed E-state index contributed by atoms with van der Waals surface area (Å²) in [5.74, 6) is 4.80. The lowest BCUT2D eigenvalue weighted by molar-refractivity contribution is 0.0697. The van der Waals surface area contributed by atoms with Gasteiger partial charge in [0.25, 0.3) is 0 Å². The van der Waals surface area contributed by atoms with E-state index in [0.717, 1.165) is 11.1 Å². The zero-order valence-corrected chi connectivity index (χ0v) is 13.5. The van der Waals surface area contributed by atoms with E-state index < -0.39 is 11.8 Å². The third-order valence-corrected chi connectivity index (χ3v) is 3.54. The first-order chi connectivity index (χ1) is 11.5. The molecule has 0 saturated carbocycles. The summed E-state index contributed by atoms with van der Waals surface area (Å²) >= 11 is 0. The molecule has 4 nitrogen and oxygen atoms in total. The van der Waals surface area contributed by atoms with Crippen molar-refractivity contribution in [1.82, 2.24) is 5.32 Å². The Morgan fingerprint density at radius 1 is 1.29 bits per heavy atom. The Kier molecular flexibility index (Phi) is 5.94. The molecule has 0 aliphatic rings. The molecule has 0 saturated heterocycles. The van der Waals surface area contributed by atoms with Gasteiger partial charge in [-0.1, -0.05) is 17.9 Å². The normalized spacial score (nSPS) is 11.3. The molecule has 0 amide bonds. The van der Waals surface area contributed by atoms with Crippen molar-refractivity contribution in [2.24, 2.45) is 0 Å². The van der Waals surface area contributed by atoms with Crippen molar-refractivity contribution in [3.8, 4) is 17.6 Å². The van der Waals surface area contributed by atoms with Crippen LogP contribution in [-0.4, -0.2) is 24.7 Å². The summed E-state index contributed by atoms with van der Waals surface area (Å²) < 4.78 is 18.4. The molecule has 0 aliphatic carbocycles. The van der Waals surface area contributed by atoms with Crippen LogP contribution in [-0.2, 0) is 0 Å². The summed E-state index contributed by atoms with van der Waals surface area (Å²) in [7, 11) is 1.43. The van der Waals surface area contributed by atoms with Crippen LogP contribution in [0.15, 0.2) is 42.5 Å². The molecular weight excluding hydrogens is 309 g/mol. The second-order valence-corrected chi connectivity index (χ2v) is 5.18. The molecule has 2 rings (SSSR count). The van der Waals surface area contributed by atoms with Crippen molar-refractivity contribution in [2.75, 3.05) is 13.7 Å². The third-order valence-electron chi connectivity index (χ3n) is 3.54. The highest BCUT2D eigenvalue weighted by atomic mass is 19.1. The number of carbonyl (C=O) groups is 1. The standard InChI is InChI=1S/C19H18FNO3/c1-13(16-9-10-17(20)18(12-16)24-2)21-11-3-4-14-5-7-15(8-6-14)19(22)23/h5-10,12-13,21H,11H2,1-2H3,(H,22,23)/t13-/m1/s1. The quantitative estimate of drug-likeness (QED) is 0.828. The van der Waals surface area contributed by atoms with E-state index in [1.54, 1.807) is 24.3 Å². The molecule has 0 fully saturated rings. The number of methoxy groups -OCH3 is 1. The lowest BCUT2D eigenvalue weighted by Crippen LogP contribution is -2.18. The zero-order chi connectivity index (χ0) is 17.5. The van der Waals surface area contributed by atoms with Crippen LogP contribution in [0.4, 0.5) is 4.39 Å². The molecule has 24 heavy (non-hydrogen) atoms. The van der Waals surface area contributed by atoms with Crippen molar-refractivity contribution in [3.63, 3.8) is 0 Å². The zero-order valence-electron chi connectivity index (χ0n) is 13.5. The number of aromatic carboxylic acids is 1. The Labute approximate surface area is 140 Å². The molecule has 0 heterocycles. The van der Waals surface area contributed by atoms with E-state index >= 15 is 0 Å². The number of carboxylic acids is 1. The Morgan fingerprint density at radius 3 is 2.62 bits per heavy atom. The third kappa shape index (κ3) is 4.58. The lowest BCUT2D eigenvalue weighted by Gasteiger charge is -2.13. The van der Waals surface area contributed by atoms with Crippen LogP contribution in [0.5, 0.6) is 5.75 Å². The van der Waals surface area contributed by atoms with Crippen LogP contribution in [0.3, 0.4) is 0 Å². The summed E-state index contributed by atoms with van der Waals surface area (Å²) in [5.41, 5.74) is 1.89. The largest absolute Gasteiger partial charge is 0.494 e. The molecule has 0 bridgehead atoms. The number of nitrogens with one attached hydrogen (secondary N) is 1. The SMILES string of the molecule is COc1cc([C@@H](C)NCC#Cc2ccc(C(=O)O)cc2)ccc1F. The maximum absolute atomic E-state index is 13.4. The van der Waals surface area contributed by atoms with Gasteiger partial charge in [0.1, 0.15) is 0 Å². The number of halogens is 1. The predicted molar refractivity (Wildman–Crippen MR) is 89.6 cm³/mol. The van der Waals surface area contributed by atoms with Gasteiger partial charge >= 0.3 is 5.97 Å². The molecule has 1 atom stereocenters. The van der Waals surface area contributed by atoms with Gasteiger partial charge in [0.2, 0.25) is 0 Å². The van der Waals surface area contributed by atoms with Crippen LogP contribution in [0.2, 0.25) is 0 Å². The van der Waals surface area contributed by atoms with Gasteiger partial charge in [-0.2, -0.15) is 0 Å². The summed E-state index contributed by atoms with van der Waals surface area (Å²) in [6.45, 7) is 2.40. The number of hydrogen-bond acceptors (Lipinski definition) is 3. The van der Waals surface area contributed by atoms with E-state index in [4.69, 9.17) is 9.84 Å². The number of rotatable bonds is 5. The second kappa shape index (κ2) is 8.14. The topological polar surface area (TPSA) is 58.6 Å². The first-order valence-electron chi connectivity index (χ1n) is 7.40. The minimum absolute atomic E-state index is 0.0109. The number of ether oxygens (including phenoxy) is 1. The molecule has 0 radical (unpaired) electrons. The predicted octanol–water partition coefficient (Wildman–Crippen LogP) is 3.23. The number of carboxylic acid groups (broad SMARTS) is 1. The van der Waals surface area contributed by atoms with E-state index in [-0.39, 0.29) is 17.4 Å². The Bertz CT molecular complexity index is 775. The maximum Gasteiger partial charge on any atom is 0.335 e. The summed E-state index contributed by atoms with van der Waals surface area (Å²) in [5, 5.41) is 12.1. The van der Waals surface area contributed by atoms with Gasteiger partial charge in [0.15, 0.2) is 11.6 Å². The van der Waals surface area contributed by atoms with Gasteiger partial charge in [0, 0.05) is 11.6 Å². The Balaban J connectivity index is 1.93. The van der Waals surface area contributed by atoms with E-state index in [2.05, 4.69) is 17.2 Å². The van der Waals surface area contributed by atoms with Crippen molar-refractivity contribution in [1.29, 1.82) is 0 Å². The average molecular weight is 327 g/mol. The molecule has 2 aromatic rings. The van der Waals surface area contributed by atoms with Gasteiger partial charge < -0.3 is 9.84 Å². The van der Waals surface area contributed by atoms with Gasteiger partial charge in [-0.3, -0.25) is 5.32 Å². The summed E-state index contributed by atoms with van der Waals surface area (Å²) in [4.78, 5) is 10.8. The maximum atomic E-state index is 13.4. The Hall–Kier alpha value is -2.84. The summed E-state index contributed by atoms with van der Waals surface area (Å²) in [6, 6.07) is 11.1. The van der Waals surface area contributed by atoms with Crippen molar-refractivity contribution >= 4 is 5.97 Å². The van der Waals surface area contributed by atoms with Gasteiger partial charge in [-0.05, 0) is 48.9 Å². The van der Waals surface area contributed by atoms with Crippen LogP contribution >= 0.6 is 0 Å². The molecule has 5 heteroatoms. The van der Waals surface area contributed by atoms with Gasteiger partial charge in [0.05, 0.1) is 19.2 Å². The van der Waals surface area contributed by atoms with Crippen molar-refractivity contribution in [3.05, 3.63) is 65.0 Å². The molecule has 0 unspecified atom stereocenters. The fraction of sp³-hybridized carbons (Fsp3) is 0.211. The number of benzene rings is 2. The fourth-order valence-electron chi connectivity index (χ4n) is 2.11. The molecule has 0 spiro atoms. The molecule has 0 aliphatic heterocycles. The first-order valence-corrected chi connectivity index (χ1v) is 7.40. The summed E-state index contributed by atoms with van der Waals surface area (Å²) in [6.07, 6.45) is 0. The fourth-order valence-corrected chi connectivity index (χ4v) is 2.11. The molecule has 2 aromatic carbocycles. The monoisotopic (exact) mass is 327 g/mol. The van der Waals surface area contributed by atoms with Crippen molar-refractivity contribution in [2.45, 2.75) is 13.0 Å².